The maximum atomic E-state index is 6.01. The SMILES string of the molecule is CCC(C)(N)COCc1nc2ccccc2s1. The van der Waals surface area contributed by atoms with Gasteiger partial charge in [0.1, 0.15) is 5.01 Å². The molecule has 0 fully saturated rings. The number of aromatic nitrogens is 1. The Morgan fingerprint density at radius 1 is 1.41 bits per heavy atom. The summed E-state index contributed by atoms with van der Waals surface area (Å²) < 4.78 is 6.83. The molecule has 1 unspecified atom stereocenters. The van der Waals surface area contributed by atoms with E-state index in [4.69, 9.17) is 10.5 Å². The van der Waals surface area contributed by atoms with Crippen molar-refractivity contribution in [3.63, 3.8) is 0 Å². The predicted octanol–water partition coefficient (Wildman–Crippen LogP) is 2.94. The summed E-state index contributed by atoms with van der Waals surface area (Å²) in [5, 5.41) is 1.01. The van der Waals surface area contributed by atoms with E-state index in [1.165, 1.54) is 4.70 Å². The normalized spacial score (nSPS) is 15.0. The van der Waals surface area contributed by atoms with Crippen molar-refractivity contribution in [2.24, 2.45) is 5.73 Å². The Hall–Kier alpha value is -0.970. The Kier molecular flexibility index (Phi) is 3.76. The van der Waals surface area contributed by atoms with Crippen molar-refractivity contribution < 1.29 is 4.74 Å². The van der Waals surface area contributed by atoms with Crippen LogP contribution in [0.2, 0.25) is 0 Å². The Balaban J connectivity index is 1.95. The molecule has 2 N–H and O–H groups in total. The van der Waals surface area contributed by atoms with Crippen LogP contribution in [0.25, 0.3) is 10.2 Å². The summed E-state index contributed by atoms with van der Waals surface area (Å²) in [4.78, 5) is 4.51. The van der Waals surface area contributed by atoms with E-state index in [1.54, 1.807) is 11.3 Å². The van der Waals surface area contributed by atoms with Gasteiger partial charge >= 0.3 is 0 Å². The molecule has 0 spiro atoms. The number of hydrogen-bond acceptors (Lipinski definition) is 4. The number of nitrogens with zero attached hydrogens (tertiary/aromatic N) is 1. The molecule has 0 saturated carbocycles. The molecule has 1 heterocycles. The Morgan fingerprint density at radius 2 is 2.18 bits per heavy atom. The summed E-state index contributed by atoms with van der Waals surface area (Å²) in [6.45, 7) is 5.19. The lowest BCUT2D eigenvalue weighted by Crippen LogP contribution is -2.40. The highest BCUT2D eigenvalue weighted by Gasteiger charge is 2.15. The van der Waals surface area contributed by atoms with Crippen LogP contribution in [0.3, 0.4) is 0 Å². The van der Waals surface area contributed by atoms with Crippen molar-refractivity contribution in [3.8, 4) is 0 Å². The highest BCUT2D eigenvalue weighted by molar-refractivity contribution is 7.18. The molecule has 0 aliphatic carbocycles. The minimum Gasteiger partial charge on any atom is -0.372 e. The first-order valence-electron chi connectivity index (χ1n) is 5.82. The van der Waals surface area contributed by atoms with E-state index < -0.39 is 0 Å². The molecule has 92 valence electrons. The van der Waals surface area contributed by atoms with Crippen LogP contribution in [0.5, 0.6) is 0 Å². The van der Waals surface area contributed by atoms with Gasteiger partial charge in [-0.05, 0) is 25.5 Å². The van der Waals surface area contributed by atoms with Gasteiger partial charge in [-0.15, -0.1) is 11.3 Å². The van der Waals surface area contributed by atoms with Gasteiger partial charge in [0.15, 0.2) is 0 Å². The standard InChI is InChI=1S/C13H18N2OS/c1-3-13(2,14)9-16-8-12-15-10-6-4-5-7-11(10)17-12/h4-7H,3,8-9,14H2,1-2H3. The molecule has 0 amide bonds. The Bertz CT molecular complexity index is 460. The van der Waals surface area contributed by atoms with Crippen molar-refractivity contribution in [1.82, 2.24) is 4.98 Å². The molecule has 1 atom stereocenters. The number of thiazole rings is 1. The molecule has 0 aliphatic rings. The molecular formula is C13H18N2OS. The molecule has 0 aliphatic heterocycles. The molecule has 0 radical (unpaired) electrons. The van der Waals surface area contributed by atoms with Crippen molar-refractivity contribution in [2.75, 3.05) is 6.61 Å². The van der Waals surface area contributed by atoms with Gasteiger partial charge in [0.05, 0.1) is 23.4 Å². The summed E-state index contributed by atoms with van der Waals surface area (Å²) in [7, 11) is 0. The minimum absolute atomic E-state index is 0.239. The van der Waals surface area contributed by atoms with Crippen molar-refractivity contribution in [1.29, 1.82) is 0 Å². The molecule has 3 nitrogen and oxygen atoms in total. The molecular weight excluding hydrogens is 232 g/mol. The largest absolute Gasteiger partial charge is 0.372 e. The maximum Gasteiger partial charge on any atom is 0.120 e. The van der Waals surface area contributed by atoms with E-state index in [1.807, 2.05) is 25.1 Å². The number of ether oxygens (including phenoxy) is 1. The molecule has 17 heavy (non-hydrogen) atoms. The third-order valence-electron chi connectivity index (χ3n) is 2.80. The lowest BCUT2D eigenvalue weighted by atomic mass is 10.0. The minimum atomic E-state index is -0.239. The second kappa shape index (κ2) is 5.12. The summed E-state index contributed by atoms with van der Waals surface area (Å²) in [5.74, 6) is 0. The first-order valence-corrected chi connectivity index (χ1v) is 6.63. The third kappa shape index (κ3) is 3.25. The van der Waals surface area contributed by atoms with Gasteiger partial charge in [-0.2, -0.15) is 0 Å². The smallest absolute Gasteiger partial charge is 0.120 e. The molecule has 1 aromatic carbocycles. The molecule has 2 aromatic rings. The van der Waals surface area contributed by atoms with Gasteiger partial charge in [-0.1, -0.05) is 19.1 Å². The van der Waals surface area contributed by atoms with E-state index in [0.29, 0.717) is 13.2 Å². The summed E-state index contributed by atoms with van der Waals surface area (Å²) in [6, 6.07) is 8.13. The Morgan fingerprint density at radius 3 is 2.88 bits per heavy atom. The van der Waals surface area contributed by atoms with Crippen LogP contribution in [-0.2, 0) is 11.3 Å². The quantitative estimate of drug-likeness (QED) is 0.887. The van der Waals surface area contributed by atoms with Crippen LogP contribution in [0, 0.1) is 0 Å². The number of benzene rings is 1. The zero-order valence-electron chi connectivity index (χ0n) is 10.3. The number of hydrogen-bond donors (Lipinski definition) is 1. The van der Waals surface area contributed by atoms with Gasteiger partial charge in [-0.3, -0.25) is 0 Å². The monoisotopic (exact) mass is 250 g/mol. The van der Waals surface area contributed by atoms with Crippen LogP contribution in [-0.4, -0.2) is 17.1 Å². The lowest BCUT2D eigenvalue weighted by molar-refractivity contribution is 0.0777. The van der Waals surface area contributed by atoms with Crippen LogP contribution in [0.4, 0.5) is 0 Å². The number of para-hydroxylation sites is 1. The highest BCUT2D eigenvalue weighted by atomic mass is 32.1. The first kappa shape index (κ1) is 12.5. The van der Waals surface area contributed by atoms with E-state index in [0.717, 1.165) is 16.9 Å². The van der Waals surface area contributed by atoms with E-state index >= 15 is 0 Å². The average Bonchev–Trinajstić information content (AvgIpc) is 2.71. The third-order valence-corrected chi connectivity index (χ3v) is 3.81. The molecule has 0 bridgehead atoms. The van der Waals surface area contributed by atoms with E-state index in [9.17, 15) is 0 Å². The maximum absolute atomic E-state index is 6.01. The summed E-state index contributed by atoms with van der Waals surface area (Å²) in [5.41, 5.74) is 6.82. The van der Waals surface area contributed by atoms with E-state index in [-0.39, 0.29) is 5.54 Å². The topological polar surface area (TPSA) is 48.1 Å². The van der Waals surface area contributed by atoms with Gasteiger partial charge in [0.25, 0.3) is 0 Å². The molecule has 4 heteroatoms. The second-order valence-corrected chi connectivity index (χ2v) is 5.69. The zero-order chi connectivity index (χ0) is 12.3. The van der Waals surface area contributed by atoms with E-state index in [2.05, 4.69) is 18.0 Å². The van der Waals surface area contributed by atoms with Crippen molar-refractivity contribution >= 4 is 21.6 Å². The summed E-state index contributed by atoms with van der Waals surface area (Å²) in [6.07, 6.45) is 0.910. The van der Waals surface area contributed by atoms with Gasteiger partial charge in [0.2, 0.25) is 0 Å². The first-order chi connectivity index (χ1) is 8.11. The van der Waals surface area contributed by atoms with Crippen molar-refractivity contribution in [3.05, 3.63) is 29.3 Å². The number of nitrogens with two attached hydrogens (primary N) is 1. The van der Waals surface area contributed by atoms with Crippen LogP contribution in [0.15, 0.2) is 24.3 Å². The lowest BCUT2D eigenvalue weighted by Gasteiger charge is -2.21. The van der Waals surface area contributed by atoms with Gasteiger partial charge in [0, 0.05) is 5.54 Å². The van der Waals surface area contributed by atoms with Crippen LogP contribution in [0.1, 0.15) is 25.3 Å². The summed E-state index contributed by atoms with van der Waals surface area (Å²) >= 11 is 1.68. The zero-order valence-corrected chi connectivity index (χ0v) is 11.1. The van der Waals surface area contributed by atoms with Gasteiger partial charge < -0.3 is 10.5 Å². The van der Waals surface area contributed by atoms with Gasteiger partial charge in [-0.25, -0.2) is 4.98 Å². The molecule has 1 aromatic heterocycles. The Labute approximate surface area is 106 Å². The fourth-order valence-electron chi connectivity index (χ4n) is 1.46. The van der Waals surface area contributed by atoms with Crippen LogP contribution >= 0.6 is 11.3 Å². The molecule has 0 saturated heterocycles. The predicted molar refractivity (Wildman–Crippen MR) is 72.2 cm³/mol. The molecule has 2 rings (SSSR count). The number of rotatable bonds is 5. The fourth-order valence-corrected chi connectivity index (χ4v) is 2.36. The number of fused-ring (bicyclic) bond motifs is 1. The van der Waals surface area contributed by atoms with Crippen LogP contribution < -0.4 is 5.73 Å². The van der Waals surface area contributed by atoms with Crippen molar-refractivity contribution in [2.45, 2.75) is 32.4 Å². The second-order valence-electron chi connectivity index (χ2n) is 4.58. The highest BCUT2D eigenvalue weighted by Crippen LogP contribution is 2.22. The average molecular weight is 250 g/mol. The fraction of sp³-hybridized carbons (Fsp3) is 0.462.